The van der Waals surface area contributed by atoms with E-state index >= 15 is 0 Å². The lowest BCUT2D eigenvalue weighted by atomic mass is 10.1. The van der Waals surface area contributed by atoms with Crippen molar-refractivity contribution in [1.82, 2.24) is 20.0 Å². The standard InChI is InChI=1S/C17H19F3N4O/c1-23-8-7-13(10-23)21-16(25)14-9-15(24(2)22-14)11-3-5-12(6-4-11)17(18,19)20/h3-6,9,13H,7-8,10H2,1-2H3,(H,21,25). The van der Waals surface area contributed by atoms with E-state index in [4.69, 9.17) is 0 Å². The number of rotatable bonds is 3. The van der Waals surface area contributed by atoms with E-state index in [0.717, 1.165) is 31.6 Å². The summed E-state index contributed by atoms with van der Waals surface area (Å²) in [5.74, 6) is -0.269. The smallest absolute Gasteiger partial charge is 0.347 e. The zero-order chi connectivity index (χ0) is 18.2. The van der Waals surface area contributed by atoms with Crippen molar-refractivity contribution in [2.45, 2.75) is 18.6 Å². The number of carbonyl (C=O) groups excluding carboxylic acids is 1. The minimum atomic E-state index is -4.37. The quantitative estimate of drug-likeness (QED) is 0.924. The largest absolute Gasteiger partial charge is 0.416 e. The Kier molecular flexibility index (Phi) is 4.55. The number of amides is 1. The average Bonchev–Trinajstić information content (AvgIpc) is 3.12. The van der Waals surface area contributed by atoms with Gasteiger partial charge in [0.2, 0.25) is 0 Å². The molecule has 0 bridgehead atoms. The van der Waals surface area contributed by atoms with Crippen LogP contribution in [-0.4, -0.2) is 46.8 Å². The highest BCUT2D eigenvalue weighted by molar-refractivity contribution is 5.93. The van der Waals surface area contributed by atoms with E-state index < -0.39 is 11.7 Å². The predicted molar refractivity (Wildman–Crippen MR) is 87.0 cm³/mol. The second-order valence-corrected chi connectivity index (χ2v) is 6.33. The molecule has 5 nitrogen and oxygen atoms in total. The highest BCUT2D eigenvalue weighted by Gasteiger charge is 2.30. The van der Waals surface area contributed by atoms with E-state index in [9.17, 15) is 18.0 Å². The summed E-state index contributed by atoms with van der Waals surface area (Å²) < 4.78 is 39.5. The first kappa shape index (κ1) is 17.5. The van der Waals surface area contributed by atoms with Gasteiger partial charge in [0.15, 0.2) is 5.69 Å². The van der Waals surface area contributed by atoms with Crippen molar-refractivity contribution in [2.24, 2.45) is 7.05 Å². The van der Waals surface area contributed by atoms with Crippen molar-refractivity contribution in [2.75, 3.05) is 20.1 Å². The number of hydrogen-bond donors (Lipinski definition) is 1. The Morgan fingerprint density at radius 3 is 2.48 bits per heavy atom. The molecule has 1 aliphatic rings. The molecule has 2 heterocycles. The van der Waals surface area contributed by atoms with Gasteiger partial charge >= 0.3 is 6.18 Å². The lowest BCUT2D eigenvalue weighted by Gasteiger charge is -2.11. The number of likely N-dealkylation sites (N-methyl/N-ethyl adjacent to an activating group) is 1. The Morgan fingerprint density at radius 1 is 1.24 bits per heavy atom. The number of carbonyl (C=O) groups is 1. The topological polar surface area (TPSA) is 50.2 Å². The molecule has 0 radical (unpaired) electrons. The summed E-state index contributed by atoms with van der Waals surface area (Å²) in [5, 5.41) is 7.13. The van der Waals surface area contributed by atoms with Gasteiger partial charge in [0.25, 0.3) is 5.91 Å². The summed E-state index contributed by atoms with van der Waals surface area (Å²) in [4.78, 5) is 14.5. The third-order valence-electron chi connectivity index (χ3n) is 4.35. The lowest BCUT2D eigenvalue weighted by Crippen LogP contribution is -2.36. The minimum absolute atomic E-state index is 0.0917. The molecule has 1 fully saturated rings. The zero-order valence-electron chi connectivity index (χ0n) is 14.0. The average molecular weight is 352 g/mol. The van der Waals surface area contributed by atoms with E-state index in [1.165, 1.54) is 16.8 Å². The third-order valence-corrected chi connectivity index (χ3v) is 4.35. The molecule has 1 aromatic heterocycles. The van der Waals surface area contributed by atoms with Gasteiger partial charge < -0.3 is 10.2 Å². The highest BCUT2D eigenvalue weighted by Crippen LogP contribution is 2.31. The van der Waals surface area contributed by atoms with Crippen LogP contribution in [0.3, 0.4) is 0 Å². The number of aromatic nitrogens is 2. The first-order valence-corrected chi connectivity index (χ1v) is 7.95. The number of alkyl halides is 3. The molecule has 1 aliphatic heterocycles. The van der Waals surface area contributed by atoms with Crippen LogP contribution >= 0.6 is 0 Å². The summed E-state index contributed by atoms with van der Waals surface area (Å²) in [6, 6.07) is 6.50. The Bertz CT molecular complexity index is 767. The van der Waals surface area contributed by atoms with Crippen molar-refractivity contribution in [3.05, 3.63) is 41.6 Å². The van der Waals surface area contributed by atoms with Crippen LogP contribution in [0.5, 0.6) is 0 Å². The summed E-state index contributed by atoms with van der Waals surface area (Å²) in [5.41, 5.74) is 0.707. The van der Waals surface area contributed by atoms with Crippen LogP contribution in [0.2, 0.25) is 0 Å². The van der Waals surface area contributed by atoms with Crippen molar-refractivity contribution in [3.63, 3.8) is 0 Å². The van der Waals surface area contributed by atoms with Crippen LogP contribution in [-0.2, 0) is 13.2 Å². The normalized spacial score (nSPS) is 18.5. The fraction of sp³-hybridized carbons (Fsp3) is 0.412. The number of hydrogen-bond acceptors (Lipinski definition) is 3. The van der Waals surface area contributed by atoms with Gasteiger partial charge in [0.05, 0.1) is 11.3 Å². The molecule has 2 aromatic rings. The van der Waals surface area contributed by atoms with Crippen LogP contribution < -0.4 is 5.32 Å². The number of aryl methyl sites for hydroxylation is 1. The van der Waals surface area contributed by atoms with Gasteiger partial charge in [-0.3, -0.25) is 9.48 Å². The predicted octanol–water partition coefficient (Wildman–Crippen LogP) is 2.54. The van der Waals surface area contributed by atoms with Gasteiger partial charge in [0.1, 0.15) is 0 Å². The molecule has 0 aliphatic carbocycles. The Morgan fingerprint density at radius 2 is 1.92 bits per heavy atom. The van der Waals surface area contributed by atoms with E-state index in [2.05, 4.69) is 15.3 Å². The SMILES string of the molecule is CN1CCC(NC(=O)c2cc(-c3ccc(C(F)(F)F)cc3)n(C)n2)C1. The maximum Gasteiger partial charge on any atom is 0.416 e. The summed E-state index contributed by atoms with van der Waals surface area (Å²) in [6.07, 6.45) is -3.48. The number of benzene rings is 1. The molecule has 1 atom stereocenters. The van der Waals surface area contributed by atoms with E-state index in [0.29, 0.717) is 11.3 Å². The first-order valence-electron chi connectivity index (χ1n) is 7.95. The van der Waals surface area contributed by atoms with E-state index in [-0.39, 0.29) is 17.6 Å². The molecule has 1 unspecified atom stereocenters. The van der Waals surface area contributed by atoms with Crippen molar-refractivity contribution in [3.8, 4) is 11.3 Å². The Balaban J connectivity index is 1.77. The number of likely N-dealkylation sites (tertiary alicyclic amines) is 1. The molecule has 1 N–H and O–H groups in total. The third kappa shape index (κ3) is 3.84. The number of nitrogens with zero attached hydrogens (tertiary/aromatic N) is 3. The summed E-state index contributed by atoms with van der Waals surface area (Å²) >= 11 is 0. The Hall–Kier alpha value is -2.35. The van der Waals surface area contributed by atoms with E-state index in [1.807, 2.05) is 7.05 Å². The minimum Gasteiger partial charge on any atom is -0.347 e. The molecule has 0 spiro atoms. The molecule has 1 amide bonds. The number of nitrogens with one attached hydrogen (secondary N) is 1. The van der Waals surface area contributed by atoms with Crippen LogP contribution in [0.4, 0.5) is 13.2 Å². The molecule has 3 rings (SSSR count). The molecular formula is C17H19F3N4O. The van der Waals surface area contributed by atoms with Crippen LogP contribution in [0.15, 0.2) is 30.3 Å². The molecular weight excluding hydrogens is 333 g/mol. The van der Waals surface area contributed by atoms with Gasteiger partial charge in [-0.25, -0.2) is 0 Å². The fourth-order valence-corrected chi connectivity index (χ4v) is 2.99. The molecule has 1 saturated heterocycles. The lowest BCUT2D eigenvalue weighted by molar-refractivity contribution is -0.137. The van der Waals surface area contributed by atoms with Crippen LogP contribution in [0.1, 0.15) is 22.5 Å². The molecule has 0 saturated carbocycles. The van der Waals surface area contributed by atoms with Gasteiger partial charge in [-0.2, -0.15) is 18.3 Å². The molecule has 1 aromatic carbocycles. The summed E-state index contributed by atoms with van der Waals surface area (Å²) in [6.45, 7) is 1.73. The molecule has 134 valence electrons. The zero-order valence-corrected chi connectivity index (χ0v) is 14.0. The number of halogens is 3. The summed E-state index contributed by atoms with van der Waals surface area (Å²) in [7, 11) is 3.66. The van der Waals surface area contributed by atoms with Crippen LogP contribution in [0, 0.1) is 0 Å². The van der Waals surface area contributed by atoms with Gasteiger partial charge in [-0.15, -0.1) is 0 Å². The van der Waals surface area contributed by atoms with Crippen molar-refractivity contribution >= 4 is 5.91 Å². The molecule has 25 heavy (non-hydrogen) atoms. The first-order chi connectivity index (χ1) is 11.7. The second kappa shape index (κ2) is 6.51. The maximum absolute atomic E-state index is 12.7. The van der Waals surface area contributed by atoms with Crippen LogP contribution in [0.25, 0.3) is 11.3 Å². The Labute approximate surface area is 143 Å². The highest BCUT2D eigenvalue weighted by atomic mass is 19.4. The maximum atomic E-state index is 12.7. The second-order valence-electron chi connectivity index (χ2n) is 6.33. The fourth-order valence-electron chi connectivity index (χ4n) is 2.99. The van der Waals surface area contributed by atoms with Crippen molar-refractivity contribution < 1.29 is 18.0 Å². The van der Waals surface area contributed by atoms with Crippen molar-refractivity contribution in [1.29, 1.82) is 0 Å². The van der Waals surface area contributed by atoms with Gasteiger partial charge in [-0.05, 0) is 43.8 Å². The van der Waals surface area contributed by atoms with E-state index in [1.54, 1.807) is 13.1 Å². The van der Waals surface area contributed by atoms with Gasteiger partial charge in [0, 0.05) is 19.6 Å². The van der Waals surface area contributed by atoms with Gasteiger partial charge in [-0.1, -0.05) is 12.1 Å². The molecule has 8 heteroatoms. The monoisotopic (exact) mass is 352 g/mol.